The van der Waals surface area contributed by atoms with Crippen molar-refractivity contribution in [3.05, 3.63) is 63.1 Å². The van der Waals surface area contributed by atoms with Gasteiger partial charge < -0.3 is 10.2 Å². The van der Waals surface area contributed by atoms with Crippen LogP contribution >= 0.6 is 35.0 Å². The molecule has 0 aliphatic carbocycles. The molecule has 0 spiro atoms. The zero-order chi connectivity index (χ0) is 23.5. The molecular formula is C21H18Cl2F4N2O2S. The van der Waals surface area contributed by atoms with E-state index < -0.39 is 24.9 Å². The number of nitrogens with zero attached hydrogens (tertiary/aromatic N) is 1. The highest BCUT2D eigenvalue weighted by atomic mass is 35.5. The summed E-state index contributed by atoms with van der Waals surface area (Å²) >= 11 is 13.1. The summed E-state index contributed by atoms with van der Waals surface area (Å²) in [4.78, 5) is 17.4. The van der Waals surface area contributed by atoms with Crippen LogP contribution in [0.4, 0.5) is 17.6 Å². The number of benzene rings is 2. The van der Waals surface area contributed by atoms with Gasteiger partial charge in [-0.1, -0.05) is 34.4 Å². The Morgan fingerprint density at radius 3 is 2.50 bits per heavy atom. The minimum Gasteiger partial charge on any atom is -0.374 e. The van der Waals surface area contributed by atoms with E-state index in [1.165, 1.54) is 30.0 Å². The molecule has 1 aliphatic rings. The smallest absolute Gasteiger partial charge is 0.374 e. The van der Waals surface area contributed by atoms with E-state index in [4.69, 9.17) is 28.0 Å². The van der Waals surface area contributed by atoms with Crippen LogP contribution < -0.4 is 5.32 Å². The molecule has 3 rings (SSSR count). The van der Waals surface area contributed by atoms with Crippen LogP contribution in [0.15, 0.2) is 46.4 Å². The van der Waals surface area contributed by atoms with Gasteiger partial charge in [0.1, 0.15) is 6.67 Å². The van der Waals surface area contributed by atoms with Gasteiger partial charge in [0.05, 0.1) is 11.5 Å². The Labute approximate surface area is 196 Å². The van der Waals surface area contributed by atoms with Crippen LogP contribution in [0, 0.1) is 6.92 Å². The molecule has 0 bridgehead atoms. The summed E-state index contributed by atoms with van der Waals surface area (Å²) in [5.74, 6) is -0.212. The van der Waals surface area contributed by atoms with Gasteiger partial charge >= 0.3 is 6.18 Å². The Hall–Kier alpha value is -1.97. The molecule has 2 aromatic carbocycles. The average molecular weight is 509 g/mol. The highest BCUT2D eigenvalue weighted by Crippen LogP contribution is 2.49. The average Bonchev–Trinajstić information content (AvgIpc) is 3.17. The number of carbonyl (C=O) groups is 1. The second-order valence-corrected chi connectivity index (χ2v) is 8.99. The molecule has 4 nitrogen and oxygen atoms in total. The normalized spacial score (nSPS) is 18.3. The van der Waals surface area contributed by atoms with Gasteiger partial charge in [0.25, 0.3) is 5.60 Å². The van der Waals surface area contributed by atoms with Crippen molar-refractivity contribution in [3.63, 3.8) is 0 Å². The summed E-state index contributed by atoms with van der Waals surface area (Å²) < 4.78 is 54.5. The molecule has 2 aromatic rings. The first-order chi connectivity index (χ1) is 15.1. The van der Waals surface area contributed by atoms with Gasteiger partial charge in [-0.25, -0.2) is 4.39 Å². The van der Waals surface area contributed by atoms with E-state index in [1.54, 1.807) is 25.1 Å². The number of amides is 1. The van der Waals surface area contributed by atoms with Crippen molar-refractivity contribution in [2.24, 2.45) is 5.16 Å². The molecule has 32 heavy (non-hydrogen) atoms. The molecule has 0 aromatic heterocycles. The van der Waals surface area contributed by atoms with Crippen molar-refractivity contribution in [2.45, 2.75) is 30.0 Å². The SMILES string of the molecule is Cc1cc(C2=NOC(c3cc(Cl)cc(Cl)c3)(C(F)(F)F)C2)ccc1SCC(=O)NCCF. The molecule has 0 saturated heterocycles. The Balaban J connectivity index is 1.81. The second-order valence-electron chi connectivity index (χ2n) is 7.10. The molecule has 11 heteroatoms. The summed E-state index contributed by atoms with van der Waals surface area (Å²) in [5, 5.41) is 6.29. The van der Waals surface area contributed by atoms with Crippen LogP contribution in [0.1, 0.15) is 23.1 Å². The minimum atomic E-state index is -4.77. The van der Waals surface area contributed by atoms with E-state index in [2.05, 4.69) is 10.5 Å². The van der Waals surface area contributed by atoms with Crippen LogP contribution in [0.5, 0.6) is 0 Å². The first-order valence-electron chi connectivity index (χ1n) is 9.40. The fraction of sp³-hybridized carbons (Fsp3) is 0.333. The lowest BCUT2D eigenvalue weighted by atomic mass is 9.86. The van der Waals surface area contributed by atoms with E-state index in [1.807, 2.05) is 0 Å². The van der Waals surface area contributed by atoms with Crippen LogP contribution in [0.25, 0.3) is 0 Å². The maximum Gasteiger partial charge on any atom is 0.435 e. The van der Waals surface area contributed by atoms with Gasteiger partial charge in [-0.2, -0.15) is 13.2 Å². The van der Waals surface area contributed by atoms with Crippen LogP contribution in [0.2, 0.25) is 10.0 Å². The van der Waals surface area contributed by atoms with Gasteiger partial charge in [-0.3, -0.25) is 4.79 Å². The monoisotopic (exact) mass is 508 g/mol. The number of rotatable bonds is 7. The third-order valence-electron chi connectivity index (χ3n) is 4.80. The zero-order valence-corrected chi connectivity index (χ0v) is 19.1. The summed E-state index contributed by atoms with van der Waals surface area (Å²) in [6.45, 7) is 1.08. The molecule has 1 aliphatic heterocycles. The number of carbonyl (C=O) groups excluding carboxylic acids is 1. The summed E-state index contributed by atoms with van der Waals surface area (Å²) in [5.41, 5.74) is -1.59. The van der Waals surface area contributed by atoms with Gasteiger partial charge in [0.2, 0.25) is 5.91 Å². The van der Waals surface area contributed by atoms with Gasteiger partial charge in [-0.15, -0.1) is 11.8 Å². The highest BCUT2D eigenvalue weighted by molar-refractivity contribution is 8.00. The van der Waals surface area contributed by atoms with E-state index in [0.29, 0.717) is 5.56 Å². The first-order valence-corrected chi connectivity index (χ1v) is 11.1. The molecule has 0 saturated carbocycles. The second kappa shape index (κ2) is 9.89. The van der Waals surface area contributed by atoms with Crippen molar-refractivity contribution >= 4 is 46.6 Å². The largest absolute Gasteiger partial charge is 0.435 e. The van der Waals surface area contributed by atoms with Crippen molar-refractivity contribution in [3.8, 4) is 0 Å². The van der Waals surface area contributed by atoms with Crippen molar-refractivity contribution < 1.29 is 27.2 Å². The molecule has 1 amide bonds. The van der Waals surface area contributed by atoms with Gasteiger partial charge in [0.15, 0.2) is 0 Å². The van der Waals surface area contributed by atoms with Crippen molar-refractivity contribution in [2.75, 3.05) is 19.0 Å². The van der Waals surface area contributed by atoms with Crippen molar-refractivity contribution in [1.82, 2.24) is 5.32 Å². The number of nitrogens with one attached hydrogen (secondary N) is 1. The summed E-state index contributed by atoms with van der Waals surface area (Å²) in [6.07, 6.45) is -5.32. The van der Waals surface area contributed by atoms with Gasteiger partial charge in [-0.05, 0) is 48.4 Å². The van der Waals surface area contributed by atoms with Crippen LogP contribution in [0.3, 0.4) is 0 Å². The Morgan fingerprint density at radius 2 is 1.91 bits per heavy atom. The van der Waals surface area contributed by atoms with Crippen molar-refractivity contribution in [1.29, 1.82) is 0 Å². The first kappa shape index (κ1) is 24.7. The maximum absolute atomic E-state index is 14.1. The number of alkyl halides is 4. The minimum absolute atomic E-state index is 0.0457. The van der Waals surface area contributed by atoms with Gasteiger partial charge in [0, 0.05) is 33.5 Å². The third kappa shape index (κ3) is 5.32. The topological polar surface area (TPSA) is 50.7 Å². The number of aryl methyl sites for hydroxylation is 1. The van der Waals surface area contributed by atoms with E-state index >= 15 is 0 Å². The fourth-order valence-corrected chi connectivity index (χ4v) is 4.58. The number of halogens is 6. The molecule has 1 N–H and O–H groups in total. The lowest BCUT2D eigenvalue weighted by molar-refractivity contribution is -0.275. The predicted octanol–water partition coefficient (Wildman–Crippen LogP) is 6.06. The van der Waals surface area contributed by atoms with E-state index in [-0.39, 0.29) is 39.5 Å². The quantitative estimate of drug-likeness (QED) is 0.365. The van der Waals surface area contributed by atoms with E-state index in [9.17, 15) is 22.4 Å². The molecule has 1 unspecified atom stereocenters. The third-order valence-corrected chi connectivity index (χ3v) is 6.41. The summed E-state index contributed by atoms with van der Waals surface area (Å²) in [6, 6.07) is 8.67. The number of hydrogen-bond donors (Lipinski definition) is 1. The Kier molecular flexibility index (Phi) is 7.62. The molecule has 0 fully saturated rings. The highest BCUT2D eigenvalue weighted by Gasteiger charge is 2.62. The molecule has 0 radical (unpaired) electrons. The van der Waals surface area contributed by atoms with Crippen LogP contribution in [-0.4, -0.2) is 36.8 Å². The summed E-state index contributed by atoms with van der Waals surface area (Å²) in [7, 11) is 0. The maximum atomic E-state index is 14.1. The van der Waals surface area contributed by atoms with E-state index in [0.717, 1.165) is 10.5 Å². The molecule has 1 atom stereocenters. The Bertz CT molecular complexity index is 1030. The zero-order valence-electron chi connectivity index (χ0n) is 16.7. The standard InChI is InChI=1S/C21H18Cl2F4N2O2S/c1-12-6-13(2-3-18(12)32-11-19(30)28-5-4-24)17-10-20(31-29-17,21(25,26)27)14-7-15(22)9-16(23)8-14/h2-3,6-9H,4-5,10-11H2,1H3,(H,28,30). The number of oxime groups is 1. The predicted molar refractivity (Wildman–Crippen MR) is 117 cm³/mol. The molecular weight excluding hydrogens is 491 g/mol. The fourth-order valence-electron chi connectivity index (χ4n) is 3.22. The number of thioether (sulfide) groups is 1. The molecule has 1 heterocycles. The lowest BCUT2D eigenvalue weighted by Crippen LogP contribution is -2.42. The van der Waals surface area contributed by atoms with Crippen LogP contribution in [-0.2, 0) is 15.2 Å². The Morgan fingerprint density at radius 1 is 1.22 bits per heavy atom. The number of hydrogen-bond acceptors (Lipinski definition) is 4. The lowest BCUT2D eigenvalue weighted by Gasteiger charge is -2.29. The molecule has 172 valence electrons.